The summed E-state index contributed by atoms with van der Waals surface area (Å²) in [4.78, 5) is 13.1. The Morgan fingerprint density at radius 1 is 0.774 bits per heavy atom. The van der Waals surface area contributed by atoms with E-state index in [9.17, 15) is 0 Å². The zero-order chi connectivity index (χ0) is 20.6. The van der Waals surface area contributed by atoms with Gasteiger partial charge >= 0.3 is 5.82 Å². The Hall–Kier alpha value is -3.03. The summed E-state index contributed by atoms with van der Waals surface area (Å²) in [5.74, 6) is 2.14. The normalized spacial score (nSPS) is 19.2. The molecule has 0 bridgehead atoms. The molecule has 0 unspecified atom stereocenters. The first kappa shape index (κ1) is 18.7. The van der Waals surface area contributed by atoms with E-state index in [0.717, 1.165) is 56.1 Å². The molecule has 3 aliphatic heterocycles. The van der Waals surface area contributed by atoms with E-state index in [1.807, 2.05) is 24.3 Å². The van der Waals surface area contributed by atoms with Crippen LogP contribution >= 0.6 is 0 Å². The topological polar surface area (TPSA) is 53.5 Å². The number of aromatic nitrogens is 4. The second-order valence-corrected chi connectivity index (χ2v) is 8.79. The molecule has 1 aromatic carbocycles. The molecule has 31 heavy (non-hydrogen) atoms. The number of benzene rings is 1. The second-order valence-electron chi connectivity index (χ2n) is 8.79. The molecule has 0 atom stereocenters. The van der Waals surface area contributed by atoms with Crippen molar-refractivity contribution in [1.29, 1.82) is 0 Å². The zero-order valence-corrected chi connectivity index (χ0v) is 18.0. The molecule has 2 aromatic heterocycles. The number of rotatable bonds is 5. The summed E-state index contributed by atoms with van der Waals surface area (Å²) in [6.07, 6.45) is 9.65. The van der Waals surface area contributed by atoms with E-state index in [1.54, 1.807) is 4.85 Å². The number of fused-ring (bicyclic) bond motifs is 1. The molecule has 0 radical (unpaired) electrons. The van der Waals surface area contributed by atoms with Crippen molar-refractivity contribution in [2.45, 2.75) is 38.5 Å². The Labute approximate surface area is 182 Å². The highest BCUT2D eigenvalue weighted by molar-refractivity contribution is 5.75. The van der Waals surface area contributed by atoms with Gasteiger partial charge in [0.15, 0.2) is 11.4 Å². The van der Waals surface area contributed by atoms with Crippen molar-refractivity contribution in [3.05, 3.63) is 36.5 Å². The molecule has 0 aliphatic carbocycles. The maximum Gasteiger partial charge on any atom is 0.328 e. The predicted molar refractivity (Wildman–Crippen MR) is 120 cm³/mol. The maximum atomic E-state index is 6.44. The molecule has 3 aromatic rings. The van der Waals surface area contributed by atoms with Gasteiger partial charge in [-0.05, 0) is 55.9 Å². The molecule has 3 fully saturated rings. The van der Waals surface area contributed by atoms with Gasteiger partial charge in [0, 0.05) is 19.2 Å². The van der Waals surface area contributed by atoms with Gasteiger partial charge in [-0.25, -0.2) is 5.01 Å². The molecule has 0 saturated carbocycles. The first-order chi connectivity index (χ1) is 15.4. The standard InChI is InChI=1S/C23H30N7O/c1-2-10-20-19(9-1)24-25-30(20)31-21-11-18-29(28-16-7-8-17-28)23(27-14-5-6-15-27)22(21)26-12-3-4-13-26/h1-2,9-11,18H,3-8,12-17H2/q+1. The Kier molecular flexibility index (Phi) is 4.77. The molecule has 0 spiro atoms. The highest BCUT2D eigenvalue weighted by Gasteiger charge is 2.36. The SMILES string of the molecule is c1ccc2c(c1)nnn2Oc1cc[n+](N2CCCC2)c(N2CCCC2)c1N1CCCC1. The van der Waals surface area contributed by atoms with E-state index in [2.05, 4.69) is 42.1 Å². The summed E-state index contributed by atoms with van der Waals surface area (Å²) in [5.41, 5.74) is 2.93. The number of hydrogen-bond donors (Lipinski definition) is 0. The van der Waals surface area contributed by atoms with E-state index >= 15 is 0 Å². The van der Waals surface area contributed by atoms with Crippen LogP contribution in [0.2, 0.25) is 0 Å². The van der Waals surface area contributed by atoms with Crippen LogP contribution in [-0.4, -0.2) is 54.4 Å². The first-order valence-electron chi connectivity index (χ1n) is 11.7. The van der Waals surface area contributed by atoms with Gasteiger partial charge in [-0.2, -0.15) is 0 Å². The molecule has 162 valence electrons. The van der Waals surface area contributed by atoms with Crippen LogP contribution in [0.1, 0.15) is 38.5 Å². The minimum absolute atomic E-state index is 0.841. The minimum atomic E-state index is 0.841. The van der Waals surface area contributed by atoms with E-state index in [1.165, 1.54) is 50.0 Å². The largest absolute Gasteiger partial charge is 0.362 e. The van der Waals surface area contributed by atoms with Gasteiger partial charge in [0.25, 0.3) is 0 Å². The van der Waals surface area contributed by atoms with Gasteiger partial charge in [-0.3, -0.25) is 4.90 Å². The molecule has 5 heterocycles. The quantitative estimate of drug-likeness (QED) is 0.591. The third-order valence-corrected chi connectivity index (χ3v) is 6.75. The fraction of sp³-hybridized carbons (Fsp3) is 0.522. The monoisotopic (exact) mass is 420 g/mol. The average molecular weight is 421 g/mol. The third-order valence-electron chi connectivity index (χ3n) is 6.75. The lowest BCUT2D eigenvalue weighted by atomic mass is 10.3. The number of hydrogen-bond acceptors (Lipinski definition) is 6. The molecule has 3 saturated heterocycles. The van der Waals surface area contributed by atoms with Gasteiger partial charge in [-0.15, -0.1) is 9.77 Å². The van der Waals surface area contributed by atoms with Crippen LogP contribution in [0.4, 0.5) is 11.5 Å². The van der Waals surface area contributed by atoms with Crippen molar-refractivity contribution in [3.63, 3.8) is 0 Å². The van der Waals surface area contributed by atoms with Crippen molar-refractivity contribution in [2.75, 3.05) is 54.1 Å². The third kappa shape index (κ3) is 3.34. The van der Waals surface area contributed by atoms with Gasteiger partial charge in [0.05, 0.1) is 26.2 Å². The van der Waals surface area contributed by atoms with Crippen molar-refractivity contribution >= 4 is 22.5 Å². The van der Waals surface area contributed by atoms with Crippen molar-refractivity contribution < 1.29 is 9.51 Å². The summed E-state index contributed by atoms with van der Waals surface area (Å²) in [6.45, 7) is 6.56. The van der Waals surface area contributed by atoms with Crippen molar-refractivity contribution in [3.8, 4) is 5.75 Å². The van der Waals surface area contributed by atoms with Crippen molar-refractivity contribution in [1.82, 2.24) is 15.2 Å². The smallest absolute Gasteiger partial charge is 0.328 e. The predicted octanol–water partition coefficient (Wildman–Crippen LogP) is 2.49. The van der Waals surface area contributed by atoms with Crippen LogP contribution in [0.3, 0.4) is 0 Å². The van der Waals surface area contributed by atoms with E-state index in [0.29, 0.717) is 0 Å². The molecule has 8 heteroatoms. The number of anilines is 2. The Morgan fingerprint density at radius 3 is 2.23 bits per heavy atom. The lowest BCUT2D eigenvalue weighted by Gasteiger charge is -2.28. The highest BCUT2D eigenvalue weighted by Crippen LogP contribution is 2.39. The average Bonchev–Trinajstić information content (AvgIpc) is 3.62. The number of para-hydroxylation sites is 1. The van der Waals surface area contributed by atoms with Crippen molar-refractivity contribution in [2.24, 2.45) is 0 Å². The molecular weight excluding hydrogens is 390 g/mol. The summed E-state index contributed by atoms with van der Waals surface area (Å²) in [6, 6.07) is 10.0. The highest BCUT2D eigenvalue weighted by atomic mass is 16.7. The van der Waals surface area contributed by atoms with Gasteiger partial charge in [0.1, 0.15) is 17.2 Å². The summed E-state index contributed by atoms with van der Waals surface area (Å²) in [5, 5.41) is 11.0. The number of nitrogens with zero attached hydrogens (tertiary/aromatic N) is 7. The van der Waals surface area contributed by atoms with Gasteiger partial charge < -0.3 is 9.74 Å². The fourth-order valence-corrected chi connectivity index (χ4v) is 5.19. The Morgan fingerprint density at radius 2 is 1.45 bits per heavy atom. The maximum absolute atomic E-state index is 6.44. The van der Waals surface area contributed by atoms with Gasteiger partial charge in [-0.1, -0.05) is 17.0 Å². The summed E-state index contributed by atoms with van der Waals surface area (Å²) >= 11 is 0. The van der Waals surface area contributed by atoms with Crippen LogP contribution in [0.25, 0.3) is 11.0 Å². The van der Waals surface area contributed by atoms with E-state index < -0.39 is 0 Å². The first-order valence-corrected chi connectivity index (χ1v) is 11.7. The van der Waals surface area contributed by atoms with Crippen LogP contribution in [0, 0.1) is 0 Å². The lowest BCUT2D eigenvalue weighted by Crippen LogP contribution is -2.59. The van der Waals surface area contributed by atoms with Crippen LogP contribution in [0.5, 0.6) is 5.75 Å². The fourth-order valence-electron chi connectivity index (χ4n) is 5.19. The molecular formula is C23H30N7O+. The van der Waals surface area contributed by atoms with E-state index in [-0.39, 0.29) is 0 Å². The van der Waals surface area contributed by atoms with Gasteiger partial charge in [0.2, 0.25) is 0 Å². The molecule has 6 rings (SSSR count). The molecule has 0 N–H and O–H groups in total. The molecule has 8 nitrogen and oxygen atoms in total. The molecule has 0 amide bonds. The zero-order valence-electron chi connectivity index (χ0n) is 18.0. The number of pyridine rings is 1. The summed E-state index contributed by atoms with van der Waals surface area (Å²) < 4.78 is 2.40. The molecule has 3 aliphatic rings. The second kappa shape index (κ2) is 7.90. The Bertz CT molecular complexity index is 1060. The minimum Gasteiger partial charge on any atom is -0.362 e. The Balaban J connectivity index is 1.49. The van der Waals surface area contributed by atoms with E-state index in [4.69, 9.17) is 4.84 Å². The van der Waals surface area contributed by atoms with Crippen LogP contribution in [0.15, 0.2) is 36.5 Å². The van der Waals surface area contributed by atoms with Crippen LogP contribution in [-0.2, 0) is 0 Å². The summed E-state index contributed by atoms with van der Waals surface area (Å²) in [7, 11) is 0. The van der Waals surface area contributed by atoms with Crippen LogP contribution < -0.4 is 24.3 Å². The lowest BCUT2D eigenvalue weighted by molar-refractivity contribution is -0.678.